The molecule has 0 spiro atoms. The van der Waals surface area contributed by atoms with E-state index in [0.29, 0.717) is 0 Å². The van der Waals surface area contributed by atoms with Crippen molar-refractivity contribution in [1.82, 2.24) is 4.90 Å². The highest BCUT2D eigenvalue weighted by atomic mass is 15.1. The molecule has 0 amide bonds. The molecule has 0 aromatic heterocycles. The monoisotopic (exact) mass is 262 g/mol. The Morgan fingerprint density at radius 3 is 2.26 bits per heavy atom. The maximum atomic E-state index is 6.79. The molecule has 4 saturated carbocycles. The number of hydrogen-bond donors (Lipinski definition) is 1. The van der Waals surface area contributed by atoms with Gasteiger partial charge >= 0.3 is 0 Å². The van der Waals surface area contributed by atoms with Crippen LogP contribution in [0.1, 0.15) is 51.4 Å². The molecule has 4 aliphatic carbocycles. The summed E-state index contributed by atoms with van der Waals surface area (Å²) in [6.45, 7) is 2.39. The van der Waals surface area contributed by atoms with Crippen molar-refractivity contribution in [2.45, 2.75) is 56.9 Å². The van der Waals surface area contributed by atoms with Gasteiger partial charge in [0.05, 0.1) is 0 Å². The van der Waals surface area contributed by atoms with Gasteiger partial charge in [-0.1, -0.05) is 0 Å². The molecule has 0 aromatic rings. The van der Waals surface area contributed by atoms with Gasteiger partial charge in [-0.2, -0.15) is 0 Å². The number of likely N-dealkylation sites (tertiary alicyclic amines) is 1. The molecule has 19 heavy (non-hydrogen) atoms. The lowest BCUT2D eigenvalue weighted by molar-refractivity contribution is -0.0521. The van der Waals surface area contributed by atoms with Crippen LogP contribution >= 0.6 is 0 Å². The third-order valence-electron chi connectivity index (χ3n) is 6.86. The molecule has 2 N–H and O–H groups in total. The van der Waals surface area contributed by atoms with E-state index in [-0.39, 0.29) is 5.54 Å². The molecule has 4 bridgehead atoms. The molecule has 5 fully saturated rings. The van der Waals surface area contributed by atoms with E-state index >= 15 is 0 Å². The maximum Gasteiger partial charge on any atom is 0.0286 e. The van der Waals surface area contributed by atoms with Crippen molar-refractivity contribution in [3.63, 3.8) is 0 Å². The zero-order chi connectivity index (χ0) is 13.0. The fourth-order valence-corrected chi connectivity index (χ4v) is 6.40. The van der Waals surface area contributed by atoms with Gasteiger partial charge in [-0.15, -0.1) is 0 Å². The summed E-state index contributed by atoms with van der Waals surface area (Å²) in [5.74, 6) is 5.26. The summed E-state index contributed by atoms with van der Waals surface area (Å²) < 4.78 is 0. The highest BCUT2D eigenvalue weighted by Gasteiger charge is 2.50. The first-order chi connectivity index (χ1) is 9.11. The van der Waals surface area contributed by atoms with Crippen molar-refractivity contribution >= 4 is 0 Å². The van der Waals surface area contributed by atoms with Gasteiger partial charge in [-0.25, -0.2) is 0 Å². The molecule has 1 saturated heterocycles. The van der Waals surface area contributed by atoms with Crippen LogP contribution in [0.3, 0.4) is 0 Å². The van der Waals surface area contributed by atoms with Crippen LogP contribution in [0.5, 0.6) is 0 Å². The number of likely N-dealkylation sites (N-methyl/N-ethyl adjacent to an activating group) is 1. The maximum absolute atomic E-state index is 6.79. The number of nitrogens with zero attached hydrogens (tertiary/aromatic N) is 1. The minimum atomic E-state index is 0.132. The molecule has 5 rings (SSSR count). The van der Waals surface area contributed by atoms with Crippen LogP contribution in [-0.4, -0.2) is 30.6 Å². The minimum absolute atomic E-state index is 0.132. The van der Waals surface area contributed by atoms with Crippen molar-refractivity contribution in [1.29, 1.82) is 0 Å². The number of rotatable bonds is 2. The fraction of sp³-hybridized carbons (Fsp3) is 1.00. The lowest BCUT2D eigenvalue weighted by Gasteiger charge is -2.56. The Morgan fingerprint density at radius 1 is 1.05 bits per heavy atom. The van der Waals surface area contributed by atoms with Crippen LogP contribution in [0.25, 0.3) is 0 Å². The van der Waals surface area contributed by atoms with E-state index in [4.69, 9.17) is 5.73 Å². The Morgan fingerprint density at radius 2 is 1.68 bits per heavy atom. The third kappa shape index (κ3) is 2.25. The van der Waals surface area contributed by atoms with Crippen LogP contribution in [0.2, 0.25) is 0 Å². The zero-order valence-corrected chi connectivity index (χ0v) is 12.5. The van der Waals surface area contributed by atoms with Crippen molar-refractivity contribution < 1.29 is 0 Å². The number of piperidine rings is 1. The molecule has 2 heteroatoms. The van der Waals surface area contributed by atoms with Gasteiger partial charge in [0.25, 0.3) is 0 Å². The second-order valence-corrected chi connectivity index (χ2v) is 8.50. The normalized spacial score (nSPS) is 53.7. The van der Waals surface area contributed by atoms with Crippen molar-refractivity contribution in [3.05, 3.63) is 0 Å². The van der Waals surface area contributed by atoms with Crippen molar-refractivity contribution in [2.24, 2.45) is 35.3 Å². The van der Waals surface area contributed by atoms with Gasteiger partial charge in [-0.05, 0) is 94.5 Å². The van der Waals surface area contributed by atoms with E-state index in [9.17, 15) is 0 Å². The predicted octanol–water partition coefficient (Wildman–Crippen LogP) is 2.87. The van der Waals surface area contributed by atoms with Gasteiger partial charge in [-0.3, -0.25) is 0 Å². The van der Waals surface area contributed by atoms with Crippen molar-refractivity contribution in [3.8, 4) is 0 Å². The van der Waals surface area contributed by atoms with E-state index in [0.717, 1.165) is 36.1 Å². The molecule has 0 radical (unpaired) electrons. The first-order valence-corrected chi connectivity index (χ1v) is 8.59. The van der Waals surface area contributed by atoms with Crippen LogP contribution < -0.4 is 5.73 Å². The van der Waals surface area contributed by atoms with Crippen LogP contribution in [0, 0.1) is 29.6 Å². The average molecular weight is 262 g/mol. The van der Waals surface area contributed by atoms with Crippen LogP contribution in [-0.2, 0) is 0 Å². The van der Waals surface area contributed by atoms with E-state index in [2.05, 4.69) is 11.9 Å². The summed E-state index contributed by atoms with van der Waals surface area (Å²) in [4.78, 5) is 2.46. The quantitative estimate of drug-likeness (QED) is 0.829. The Labute approximate surface area is 118 Å². The van der Waals surface area contributed by atoms with Crippen molar-refractivity contribution in [2.75, 3.05) is 20.1 Å². The SMILES string of the molecule is CN1CCCC(N)(CC2C3CC4CC(C3)CC2C4)C1. The highest BCUT2D eigenvalue weighted by Crippen LogP contribution is 2.58. The summed E-state index contributed by atoms with van der Waals surface area (Å²) >= 11 is 0. The molecule has 5 aliphatic rings. The van der Waals surface area contributed by atoms with Gasteiger partial charge < -0.3 is 10.6 Å². The predicted molar refractivity (Wildman–Crippen MR) is 78.8 cm³/mol. The standard InChI is InChI=1S/C17H30N2/c1-19-4-2-3-17(18,11-19)10-16-14-6-12-5-13(8-14)9-15(16)7-12/h12-16H,2-11,18H2,1H3. The fourth-order valence-electron chi connectivity index (χ4n) is 6.40. The Bertz CT molecular complexity index is 325. The lowest BCUT2D eigenvalue weighted by atomic mass is 9.50. The summed E-state index contributed by atoms with van der Waals surface area (Å²) in [6.07, 6.45) is 11.6. The second kappa shape index (κ2) is 4.46. The summed E-state index contributed by atoms with van der Waals surface area (Å²) in [5, 5.41) is 0. The molecular formula is C17H30N2. The molecule has 1 aliphatic heterocycles. The third-order valence-corrected chi connectivity index (χ3v) is 6.86. The first-order valence-electron chi connectivity index (χ1n) is 8.59. The first kappa shape index (κ1) is 12.6. The Kier molecular flexibility index (Phi) is 2.97. The van der Waals surface area contributed by atoms with E-state index in [1.165, 1.54) is 25.8 Å². The van der Waals surface area contributed by atoms with Gasteiger partial charge in [0.15, 0.2) is 0 Å². The summed E-state index contributed by atoms with van der Waals surface area (Å²) in [7, 11) is 2.25. The van der Waals surface area contributed by atoms with Gasteiger partial charge in [0, 0.05) is 12.1 Å². The zero-order valence-electron chi connectivity index (χ0n) is 12.5. The molecular weight excluding hydrogens is 232 g/mol. The van der Waals surface area contributed by atoms with Gasteiger partial charge in [0.2, 0.25) is 0 Å². The largest absolute Gasteiger partial charge is 0.324 e. The number of hydrogen-bond acceptors (Lipinski definition) is 2. The van der Waals surface area contributed by atoms with Gasteiger partial charge in [0.1, 0.15) is 0 Å². The topological polar surface area (TPSA) is 29.3 Å². The second-order valence-electron chi connectivity index (χ2n) is 8.50. The molecule has 1 heterocycles. The molecule has 1 atom stereocenters. The highest BCUT2D eigenvalue weighted by molar-refractivity contribution is 5.02. The Balaban J connectivity index is 1.48. The van der Waals surface area contributed by atoms with E-state index in [1.54, 1.807) is 32.1 Å². The smallest absolute Gasteiger partial charge is 0.0286 e. The molecule has 0 aromatic carbocycles. The summed E-state index contributed by atoms with van der Waals surface area (Å²) in [6, 6.07) is 0. The summed E-state index contributed by atoms with van der Waals surface area (Å²) in [5.41, 5.74) is 6.92. The Hall–Kier alpha value is -0.0800. The van der Waals surface area contributed by atoms with E-state index in [1.807, 2.05) is 0 Å². The van der Waals surface area contributed by atoms with Crippen LogP contribution in [0.15, 0.2) is 0 Å². The van der Waals surface area contributed by atoms with E-state index < -0.39 is 0 Å². The lowest BCUT2D eigenvalue weighted by Crippen LogP contribution is -2.57. The minimum Gasteiger partial charge on any atom is -0.324 e. The molecule has 108 valence electrons. The average Bonchev–Trinajstić information content (AvgIpc) is 2.32. The molecule has 2 nitrogen and oxygen atoms in total. The van der Waals surface area contributed by atoms with Crippen LogP contribution in [0.4, 0.5) is 0 Å². The molecule has 1 unspecified atom stereocenters. The number of nitrogens with two attached hydrogens (primary N) is 1.